The van der Waals surface area contributed by atoms with Crippen molar-refractivity contribution in [3.63, 3.8) is 0 Å². The minimum Gasteiger partial charge on any atom is -0.373 e. The summed E-state index contributed by atoms with van der Waals surface area (Å²) >= 11 is 0. The molecule has 6 nitrogen and oxygen atoms in total. The van der Waals surface area contributed by atoms with Crippen LogP contribution in [0.15, 0.2) is 30.5 Å². The van der Waals surface area contributed by atoms with Crippen LogP contribution in [0.5, 0.6) is 0 Å². The van der Waals surface area contributed by atoms with Crippen molar-refractivity contribution in [1.29, 1.82) is 0 Å². The third kappa shape index (κ3) is 5.49. The Kier molecular flexibility index (Phi) is 7.50. The first-order chi connectivity index (χ1) is 15.6. The van der Waals surface area contributed by atoms with Crippen LogP contribution in [0.3, 0.4) is 0 Å². The molecule has 0 atom stereocenters. The fourth-order valence-corrected chi connectivity index (χ4v) is 3.95. The van der Waals surface area contributed by atoms with Gasteiger partial charge in [-0.1, -0.05) is 0 Å². The predicted octanol–water partition coefficient (Wildman–Crippen LogP) is 6.05. The molecule has 3 aromatic rings. The average Bonchev–Trinajstić information content (AvgIpc) is 2.76. The maximum absolute atomic E-state index is 14.7. The Morgan fingerprint density at radius 1 is 1.06 bits per heavy atom. The van der Waals surface area contributed by atoms with E-state index in [-0.39, 0.29) is 49.3 Å². The summed E-state index contributed by atoms with van der Waals surface area (Å²) in [6, 6.07) is 4.18. The summed E-state index contributed by atoms with van der Waals surface area (Å²) in [5.74, 6) is -3.85. The first-order valence-corrected chi connectivity index (χ1v) is 10.5. The summed E-state index contributed by atoms with van der Waals surface area (Å²) in [7, 11) is 1.73. The lowest BCUT2D eigenvalue weighted by Crippen LogP contribution is -2.42. The number of nitrogens with one attached hydrogen (secondary N) is 3. The molecule has 1 aliphatic carbocycles. The Hall–Kier alpha value is -3.14. The number of alkyl halides is 2. The molecule has 2 heterocycles. The van der Waals surface area contributed by atoms with E-state index < -0.39 is 29.6 Å². The Bertz CT molecular complexity index is 1210. The highest BCUT2D eigenvalue weighted by Crippen LogP contribution is 2.34. The Labute approximate surface area is 200 Å². The summed E-state index contributed by atoms with van der Waals surface area (Å²) in [4.78, 5) is 21.1. The van der Waals surface area contributed by atoms with E-state index in [0.717, 1.165) is 0 Å². The third-order valence-electron chi connectivity index (χ3n) is 5.79. The zero-order valence-electron chi connectivity index (χ0n) is 18.5. The van der Waals surface area contributed by atoms with Crippen molar-refractivity contribution in [1.82, 2.24) is 15.3 Å². The largest absolute Gasteiger partial charge is 0.373 e. The van der Waals surface area contributed by atoms with E-state index in [1.54, 1.807) is 32.3 Å². The molecule has 1 saturated carbocycles. The van der Waals surface area contributed by atoms with Gasteiger partial charge in [0.15, 0.2) is 0 Å². The predicted molar refractivity (Wildman–Crippen MR) is 126 cm³/mol. The highest BCUT2D eigenvalue weighted by atomic mass is 35.5. The van der Waals surface area contributed by atoms with Gasteiger partial charge in [0.1, 0.15) is 17.5 Å². The van der Waals surface area contributed by atoms with Crippen LogP contribution < -0.4 is 16.0 Å². The van der Waals surface area contributed by atoms with Gasteiger partial charge in [0.2, 0.25) is 5.92 Å². The molecule has 0 saturated heterocycles. The Balaban J connectivity index is 0.00000324. The van der Waals surface area contributed by atoms with Gasteiger partial charge in [-0.3, -0.25) is 4.98 Å². The second-order valence-corrected chi connectivity index (χ2v) is 8.17. The molecule has 182 valence electrons. The normalized spacial score (nSPS) is 15.5. The zero-order valence-corrected chi connectivity index (χ0v) is 19.3. The summed E-state index contributed by atoms with van der Waals surface area (Å²) in [5.41, 5.74) is 1.44. The molecule has 11 heteroatoms. The first-order valence-electron chi connectivity index (χ1n) is 10.5. The summed E-state index contributed by atoms with van der Waals surface area (Å²) < 4.78 is 55.7. The Morgan fingerprint density at radius 2 is 1.76 bits per heavy atom. The minimum atomic E-state index is -2.72. The van der Waals surface area contributed by atoms with Crippen molar-refractivity contribution in [3.8, 4) is 11.1 Å². The second kappa shape index (κ2) is 10.0. The number of aromatic nitrogens is 2. The number of anilines is 2. The summed E-state index contributed by atoms with van der Waals surface area (Å²) in [6.45, 7) is 1.70. The number of rotatable bonds is 4. The molecule has 4 rings (SSSR count). The number of hydrogen-bond acceptors (Lipinski definition) is 4. The van der Waals surface area contributed by atoms with Gasteiger partial charge in [0, 0.05) is 66.5 Å². The molecule has 1 aromatic carbocycles. The SMILES string of the molecule is CNc1cc2nc(C)c(-c3cc(NC(=O)NC4CCC(F)(F)CC4)c(F)cc3F)cc2cn1.Cl. The fourth-order valence-electron chi connectivity index (χ4n) is 3.95. The van der Waals surface area contributed by atoms with Gasteiger partial charge in [-0.05, 0) is 31.9 Å². The van der Waals surface area contributed by atoms with Crippen LogP contribution in [0.2, 0.25) is 0 Å². The highest BCUT2D eigenvalue weighted by Gasteiger charge is 2.35. The molecule has 1 aliphatic rings. The smallest absolute Gasteiger partial charge is 0.319 e. The molecule has 2 amide bonds. The Morgan fingerprint density at radius 3 is 2.44 bits per heavy atom. The lowest BCUT2D eigenvalue weighted by Gasteiger charge is -2.28. The number of benzene rings is 1. The number of hydrogen-bond donors (Lipinski definition) is 3. The van der Waals surface area contributed by atoms with Crippen LogP contribution in [-0.2, 0) is 0 Å². The fraction of sp³-hybridized carbons (Fsp3) is 0.348. The maximum atomic E-state index is 14.7. The number of nitrogens with zero attached hydrogens (tertiary/aromatic N) is 2. The van der Waals surface area contributed by atoms with E-state index in [2.05, 4.69) is 25.9 Å². The number of fused-ring (bicyclic) bond motifs is 1. The van der Waals surface area contributed by atoms with Gasteiger partial charge in [-0.2, -0.15) is 0 Å². The molecule has 0 unspecified atom stereocenters. The number of amides is 2. The van der Waals surface area contributed by atoms with E-state index in [9.17, 15) is 22.4 Å². The van der Waals surface area contributed by atoms with Crippen molar-refractivity contribution >= 4 is 40.8 Å². The molecule has 0 aliphatic heterocycles. The second-order valence-electron chi connectivity index (χ2n) is 8.17. The van der Waals surface area contributed by atoms with Crippen LogP contribution in [-0.4, -0.2) is 35.0 Å². The number of aryl methyl sites for hydroxylation is 1. The number of pyridine rings is 2. The van der Waals surface area contributed by atoms with Crippen LogP contribution in [0, 0.1) is 18.6 Å². The average molecular weight is 498 g/mol. The van der Waals surface area contributed by atoms with Crippen LogP contribution >= 0.6 is 12.4 Å². The maximum Gasteiger partial charge on any atom is 0.319 e. The van der Waals surface area contributed by atoms with Crippen LogP contribution in [0.4, 0.5) is 33.9 Å². The van der Waals surface area contributed by atoms with Gasteiger partial charge < -0.3 is 16.0 Å². The van der Waals surface area contributed by atoms with E-state index >= 15 is 0 Å². The van der Waals surface area contributed by atoms with Crippen molar-refractivity contribution in [2.24, 2.45) is 0 Å². The molecular formula is C23H24ClF4N5O. The zero-order chi connectivity index (χ0) is 23.8. The topological polar surface area (TPSA) is 78.9 Å². The van der Waals surface area contributed by atoms with Crippen molar-refractivity contribution in [2.75, 3.05) is 17.7 Å². The van der Waals surface area contributed by atoms with Crippen LogP contribution in [0.1, 0.15) is 31.4 Å². The van der Waals surface area contributed by atoms with Crippen molar-refractivity contribution in [3.05, 3.63) is 47.8 Å². The minimum absolute atomic E-state index is 0. The highest BCUT2D eigenvalue weighted by molar-refractivity contribution is 5.91. The van der Waals surface area contributed by atoms with Crippen LogP contribution in [0.25, 0.3) is 22.0 Å². The van der Waals surface area contributed by atoms with Gasteiger partial charge >= 0.3 is 6.03 Å². The third-order valence-corrected chi connectivity index (χ3v) is 5.79. The standard InChI is InChI=1S/C23H23F4N5O.ClH/c1-12-15(7-13-11-29-21(28-2)10-19(13)30-12)16-8-20(18(25)9-17(16)24)32-22(33)31-14-3-5-23(26,27)6-4-14;/h7-11,14H,3-6H2,1-2H3,(H,28,29)(H2,31,32,33);1H. The van der Waals surface area contributed by atoms with Gasteiger partial charge in [0.05, 0.1) is 11.2 Å². The molecule has 2 aromatic heterocycles. The first kappa shape index (κ1) is 25.5. The van der Waals surface area contributed by atoms with Crippen molar-refractivity contribution in [2.45, 2.75) is 44.6 Å². The molecular weight excluding hydrogens is 474 g/mol. The lowest BCUT2D eigenvalue weighted by atomic mass is 9.92. The quantitative estimate of drug-likeness (QED) is 0.384. The number of urea groups is 1. The summed E-state index contributed by atoms with van der Waals surface area (Å²) in [5, 5.41) is 8.54. The monoisotopic (exact) mass is 497 g/mol. The van der Waals surface area contributed by atoms with Gasteiger partial charge in [-0.25, -0.2) is 27.3 Å². The van der Waals surface area contributed by atoms with E-state index in [1.807, 2.05) is 0 Å². The molecule has 3 N–H and O–H groups in total. The van der Waals surface area contributed by atoms with E-state index in [4.69, 9.17) is 0 Å². The molecule has 0 bridgehead atoms. The van der Waals surface area contributed by atoms with Gasteiger partial charge in [-0.15, -0.1) is 12.4 Å². The van der Waals surface area contributed by atoms with Crippen molar-refractivity contribution < 1.29 is 22.4 Å². The number of halogens is 5. The molecule has 0 spiro atoms. The lowest BCUT2D eigenvalue weighted by molar-refractivity contribution is -0.0394. The number of carbonyl (C=O) groups excluding carboxylic acids is 1. The summed E-state index contributed by atoms with van der Waals surface area (Å²) in [6.07, 6.45) is 1.22. The van der Waals surface area contributed by atoms with E-state index in [0.29, 0.717) is 34.0 Å². The van der Waals surface area contributed by atoms with E-state index in [1.165, 1.54) is 6.07 Å². The van der Waals surface area contributed by atoms with Gasteiger partial charge in [0.25, 0.3) is 0 Å². The molecule has 34 heavy (non-hydrogen) atoms. The molecule has 0 radical (unpaired) electrons. The molecule has 1 fully saturated rings. The number of carbonyl (C=O) groups is 1.